The molecule has 1 fully saturated rings. The highest BCUT2D eigenvalue weighted by atomic mass is 16.6. The van der Waals surface area contributed by atoms with Crippen molar-refractivity contribution >= 4 is 23.0 Å². The van der Waals surface area contributed by atoms with Gasteiger partial charge in [-0.15, -0.1) is 0 Å². The Morgan fingerprint density at radius 3 is 2.56 bits per heavy atom. The van der Waals surface area contributed by atoms with Gasteiger partial charge in [0.05, 0.1) is 6.61 Å². The van der Waals surface area contributed by atoms with E-state index in [2.05, 4.69) is 4.98 Å². The zero-order valence-electron chi connectivity index (χ0n) is 14.5. The number of aliphatic carboxylic acids is 1. The summed E-state index contributed by atoms with van der Waals surface area (Å²) < 4.78 is 5.02. The molecule has 0 aliphatic carbocycles. The third-order valence-corrected chi connectivity index (χ3v) is 4.66. The molecule has 1 aromatic heterocycles. The molecule has 2 N–H and O–H groups in total. The van der Waals surface area contributed by atoms with Gasteiger partial charge in [-0.25, -0.2) is 4.79 Å². The van der Waals surface area contributed by atoms with Crippen LogP contribution in [0, 0.1) is 6.92 Å². The number of carboxylic acids is 1. The first-order valence-electron chi connectivity index (χ1n) is 8.48. The molecule has 7 nitrogen and oxygen atoms in total. The van der Waals surface area contributed by atoms with Crippen molar-refractivity contribution in [3.63, 3.8) is 0 Å². The summed E-state index contributed by atoms with van der Waals surface area (Å²) in [5, 5.41) is 10.8. The largest absolute Gasteiger partial charge is 0.480 e. The van der Waals surface area contributed by atoms with Gasteiger partial charge in [-0.2, -0.15) is 0 Å². The van der Waals surface area contributed by atoms with E-state index >= 15 is 0 Å². The van der Waals surface area contributed by atoms with Crippen molar-refractivity contribution in [1.29, 1.82) is 0 Å². The predicted octanol–water partition coefficient (Wildman–Crippen LogP) is 2.38. The maximum atomic E-state index is 12.1. The number of aromatic nitrogens is 1. The number of fused-ring (bicyclic) bond motifs is 1. The fourth-order valence-corrected chi connectivity index (χ4v) is 3.49. The molecule has 1 aliphatic rings. The normalized spacial score (nSPS) is 16.8. The van der Waals surface area contributed by atoms with E-state index in [1.165, 1.54) is 0 Å². The molecule has 0 bridgehead atoms. The summed E-state index contributed by atoms with van der Waals surface area (Å²) in [5.74, 6) is -0.877. The lowest BCUT2D eigenvalue weighted by molar-refractivity contribution is -0.144. The number of hydrogen-bond donors (Lipinski definition) is 2. The quantitative estimate of drug-likeness (QED) is 0.888. The fraction of sp³-hybridized carbons (Fsp3) is 0.444. The monoisotopic (exact) mass is 345 g/mol. The van der Waals surface area contributed by atoms with Gasteiger partial charge in [-0.3, -0.25) is 9.69 Å². The number of para-hydroxylation sites is 1. The minimum absolute atomic E-state index is 0.336. The van der Waals surface area contributed by atoms with E-state index in [1.54, 1.807) is 11.8 Å². The van der Waals surface area contributed by atoms with E-state index in [-0.39, 0.29) is 6.09 Å². The van der Waals surface area contributed by atoms with Gasteiger partial charge in [0.15, 0.2) is 0 Å². The molecule has 1 atom stereocenters. The Hall–Kier alpha value is -2.54. The Morgan fingerprint density at radius 1 is 1.24 bits per heavy atom. The summed E-state index contributed by atoms with van der Waals surface area (Å²) in [6, 6.07) is 7.00. The number of benzene rings is 1. The van der Waals surface area contributed by atoms with Crippen LogP contribution in [-0.2, 0) is 9.53 Å². The first kappa shape index (κ1) is 17.3. The summed E-state index contributed by atoms with van der Waals surface area (Å²) in [6.45, 7) is 5.93. The lowest BCUT2D eigenvalue weighted by atomic mass is 10.0. The number of hydrogen-bond acceptors (Lipinski definition) is 4. The molecule has 1 saturated heterocycles. The van der Waals surface area contributed by atoms with Crippen LogP contribution in [0.5, 0.6) is 0 Å². The minimum Gasteiger partial charge on any atom is -0.480 e. The highest BCUT2D eigenvalue weighted by Crippen LogP contribution is 2.32. The van der Waals surface area contributed by atoms with Gasteiger partial charge in [0, 0.05) is 48.3 Å². The summed E-state index contributed by atoms with van der Waals surface area (Å²) in [5.41, 5.74) is 2.60. The van der Waals surface area contributed by atoms with E-state index in [0.717, 1.165) is 22.2 Å². The van der Waals surface area contributed by atoms with Gasteiger partial charge in [0.25, 0.3) is 0 Å². The molecule has 2 heterocycles. The van der Waals surface area contributed by atoms with Gasteiger partial charge < -0.3 is 19.7 Å². The average molecular weight is 345 g/mol. The van der Waals surface area contributed by atoms with Crippen molar-refractivity contribution in [3.8, 4) is 0 Å². The van der Waals surface area contributed by atoms with E-state index in [1.807, 2.05) is 36.1 Å². The molecule has 0 spiro atoms. The topological polar surface area (TPSA) is 85.9 Å². The predicted molar refractivity (Wildman–Crippen MR) is 93.6 cm³/mol. The van der Waals surface area contributed by atoms with E-state index in [4.69, 9.17) is 4.74 Å². The van der Waals surface area contributed by atoms with Crippen molar-refractivity contribution in [3.05, 3.63) is 35.5 Å². The zero-order valence-corrected chi connectivity index (χ0v) is 14.5. The first-order chi connectivity index (χ1) is 12.0. The molecule has 1 aromatic carbocycles. The number of carboxylic acid groups (broad SMARTS) is 1. The molecule has 3 rings (SSSR count). The summed E-state index contributed by atoms with van der Waals surface area (Å²) in [4.78, 5) is 30.7. The van der Waals surface area contributed by atoms with E-state index in [0.29, 0.717) is 32.8 Å². The molecule has 0 unspecified atom stereocenters. The van der Waals surface area contributed by atoms with Gasteiger partial charge in [0.2, 0.25) is 0 Å². The number of piperazine rings is 1. The lowest BCUT2D eigenvalue weighted by Crippen LogP contribution is -2.51. The van der Waals surface area contributed by atoms with E-state index in [9.17, 15) is 14.7 Å². The van der Waals surface area contributed by atoms with Crippen LogP contribution in [0.25, 0.3) is 10.9 Å². The molecule has 7 heteroatoms. The Kier molecular flexibility index (Phi) is 4.94. The Balaban J connectivity index is 1.84. The summed E-state index contributed by atoms with van der Waals surface area (Å²) in [7, 11) is 0. The Morgan fingerprint density at radius 2 is 1.92 bits per heavy atom. The highest BCUT2D eigenvalue weighted by Gasteiger charge is 2.34. The minimum atomic E-state index is -0.877. The second kappa shape index (κ2) is 7.14. The summed E-state index contributed by atoms with van der Waals surface area (Å²) >= 11 is 0. The van der Waals surface area contributed by atoms with Crippen molar-refractivity contribution in [1.82, 2.24) is 14.8 Å². The van der Waals surface area contributed by atoms with Crippen LogP contribution in [0.4, 0.5) is 4.79 Å². The van der Waals surface area contributed by atoms with Crippen molar-refractivity contribution in [2.24, 2.45) is 0 Å². The van der Waals surface area contributed by atoms with Crippen molar-refractivity contribution in [2.75, 3.05) is 32.8 Å². The van der Waals surface area contributed by atoms with Gasteiger partial charge in [0.1, 0.15) is 6.04 Å². The van der Waals surface area contributed by atoms with Crippen LogP contribution in [0.3, 0.4) is 0 Å². The van der Waals surface area contributed by atoms with Gasteiger partial charge >= 0.3 is 12.1 Å². The lowest BCUT2D eigenvalue weighted by Gasteiger charge is -2.37. The van der Waals surface area contributed by atoms with E-state index < -0.39 is 12.0 Å². The number of carbonyl (C=O) groups excluding carboxylic acids is 1. The molecular weight excluding hydrogens is 322 g/mol. The number of rotatable bonds is 4. The third-order valence-electron chi connectivity index (χ3n) is 4.66. The number of nitrogens with one attached hydrogen (secondary N) is 1. The molecule has 0 saturated carbocycles. The fourth-order valence-electron chi connectivity index (χ4n) is 3.49. The van der Waals surface area contributed by atoms with Crippen LogP contribution < -0.4 is 0 Å². The number of aryl methyl sites for hydroxylation is 1. The van der Waals surface area contributed by atoms with Crippen molar-refractivity contribution < 1.29 is 19.4 Å². The maximum Gasteiger partial charge on any atom is 0.409 e. The molecule has 25 heavy (non-hydrogen) atoms. The molecule has 2 aromatic rings. The highest BCUT2D eigenvalue weighted by molar-refractivity contribution is 5.90. The standard InChI is InChI=1S/C18H23N3O4/c1-3-25-18(24)21-10-8-20(9-11-21)16(17(22)23)15-12(2)19-14-7-5-4-6-13(14)15/h4-7,16,19H,3,8-11H2,1-2H3,(H,22,23)/t16-/m0/s1. The van der Waals surface area contributed by atoms with Crippen LogP contribution >= 0.6 is 0 Å². The number of carbonyl (C=O) groups is 2. The van der Waals surface area contributed by atoms with Crippen LogP contribution in [0.1, 0.15) is 24.2 Å². The molecule has 1 amide bonds. The molecular formula is C18H23N3O4. The Bertz CT molecular complexity index is 778. The molecule has 1 aliphatic heterocycles. The number of nitrogens with zero attached hydrogens (tertiary/aromatic N) is 2. The van der Waals surface area contributed by atoms with Crippen molar-refractivity contribution in [2.45, 2.75) is 19.9 Å². The second-order valence-corrected chi connectivity index (χ2v) is 6.17. The molecule has 0 radical (unpaired) electrons. The number of amides is 1. The zero-order chi connectivity index (χ0) is 18.0. The first-order valence-corrected chi connectivity index (χ1v) is 8.48. The maximum absolute atomic E-state index is 12.1. The number of H-pyrrole nitrogens is 1. The number of aromatic amines is 1. The third kappa shape index (κ3) is 3.32. The smallest absolute Gasteiger partial charge is 0.409 e. The summed E-state index contributed by atoms with van der Waals surface area (Å²) in [6.07, 6.45) is -0.336. The SMILES string of the molecule is CCOC(=O)N1CCN([C@H](C(=O)O)c2c(C)[nH]c3ccccc23)CC1. The van der Waals surface area contributed by atoms with Crippen LogP contribution in [-0.4, -0.2) is 64.7 Å². The molecule has 134 valence electrons. The van der Waals surface area contributed by atoms with Crippen LogP contribution in [0.15, 0.2) is 24.3 Å². The van der Waals surface area contributed by atoms with Gasteiger partial charge in [-0.05, 0) is 19.9 Å². The van der Waals surface area contributed by atoms with Gasteiger partial charge in [-0.1, -0.05) is 18.2 Å². The second-order valence-electron chi connectivity index (χ2n) is 6.17. The Labute approximate surface area is 146 Å². The average Bonchev–Trinajstić information content (AvgIpc) is 2.92. The van der Waals surface area contributed by atoms with Crippen LogP contribution in [0.2, 0.25) is 0 Å². The number of ether oxygens (including phenoxy) is 1.